The van der Waals surface area contributed by atoms with Gasteiger partial charge in [-0.2, -0.15) is 0 Å². The Morgan fingerprint density at radius 2 is 1.87 bits per heavy atom. The van der Waals surface area contributed by atoms with Crippen molar-refractivity contribution in [2.24, 2.45) is 0 Å². The average molecular weight is 350 g/mol. The van der Waals surface area contributed by atoms with Crippen LogP contribution in [-0.2, 0) is 0 Å². The van der Waals surface area contributed by atoms with Crippen LogP contribution in [0, 0.1) is 0 Å². The van der Waals surface area contributed by atoms with Gasteiger partial charge in [0.05, 0.1) is 10.0 Å². The zero-order chi connectivity index (χ0) is 16.4. The summed E-state index contributed by atoms with van der Waals surface area (Å²) in [5.74, 6) is -0.833. The molecular weight excluding hydrogens is 341 g/mol. The Hall–Kier alpha value is -2.57. The number of aromatic nitrogens is 3. The first-order chi connectivity index (χ1) is 11.0. The molecule has 0 aliphatic carbocycles. The van der Waals surface area contributed by atoms with Gasteiger partial charge in [0.1, 0.15) is 5.75 Å². The minimum Gasteiger partial charge on any atom is -0.476 e. The predicted octanol–water partition coefficient (Wildman–Crippen LogP) is 4.27. The van der Waals surface area contributed by atoms with Crippen molar-refractivity contribution in [3.63, 3.8) is 0 Å². The molecule has 0 bridgehead atoms. The Labute approximate surface area is 140 Å². The molecule has 6 nitrogen and oxygen atoms in total. The Morgan fingerprint density at radius 1 is 1.09 bits per heavy atom. The highest BCUT2D eigenvalue weighted by Gasteiger charge is 2.17. The number of hydrogen-bond acceptors (Lipinski definition) is 4. The lowest BCUT2D eigenvalue weighted by atomic mass is 10.1. The van der Waals surface area contributed by atoms with E-state index in [9.17, 15) is 4.79 Å². The van der Waals surface area contributed by atoms with Gasteiger partial charge in [-0.25, -0.2) is 9.89 Å². The van der Waals surface area contributed by atoms with E-state index in [0.717, 1.165) is 11.1 Å². The second-order valence-electron chi connectivity index (χ2n) is 4.55. The van der Waals surface area contributed by atoms with E-state index in [0.29, 0.717) is 15.8 Å². The van der Waals surface area contributed by atoms with Crippen molar-refractivity contribution in [1.82, 2.24) is 15.4 Å². The smallest absolute Gasteiger partial charge is 0.362 e. The van der Waals surface area contributed by atoms with Crippen LogP contribution in [0.1, 0.15) is 10.5 Å². The molecule has 3 rings (SSSR count). The van der Waals surface area contributed by atoms with E-state index in [2.05, 4.69) is 15.4 Å². The van der Waals surface area contributed by atoms with Gasteiger partial charge in [0, 0.05) is 0 Å². The molecule has 0 spiro atoms. The number of carboxylic acid groups (broad SMARTS) is 1. The van der Waals surface area contributed by atoms with Gasteiger partial charge in [0.15, 0.2) is 0 Å². The van der Waals surface area contributed by atoms with Crippen LogP contribution < -0.4 is 4.74 Å². The molecule has 0 amide bonds. The van der Waals surface area contributed by atoms with E-state index in [-0.39, 0.29) is 11.6 Å². The molecule has 0 saturated carbocycles. The van der Waals surface area contributed by atoms with Crippen molar-refractivity contribution in [2.45, 2.75) is 0 Å². The second kappa shape index (κ2) is 6.28. The van der Waals surface area contributed by atoms with Crippen LogP contribution in [-0.4, -0.2) is 26.5 Å². The number of aromatic carboxylic acids is 1. The molecule has 0 unspecified atom stereocenters. The molecule has 0 radical (unpaired) electrons. The van der Waals surface area contributed by atoms with E-state index in [1.54, 1.807) is 30.3 Å². The molecule has 2 aromatic carbocycles. The zero-order valence-electron chi connectivity index (χ0n) is 11.5. The Kier molecular flexibility index (Phi) is 4.18. The number of benzene rings is 2. The maximum absolute atomic E-state index is 11.0. The molecule has 1 heterocycles. The first-order valence-corrected chi connectivity index (χ1v) is 7.18. The van der Waals surface area contributed by atoms with Crippen molar-refractivity contribution in [2.75, 3.05) is 0 Å². The third kappa shape index (κ3) is 3.28. The molecule has 0 saturated heterocycles. The van der Waals surface area contributed by atoms with Crippen LogP contribution in [0.2, 0.25) is 10.0 Å². The molecule has 8 heteroatoms. The summed E-state index contributed by atoms with van der Waals surface area (Å²) in [4.78, 5) is 11.0. The average Bonchev–Trinajstić information content (AvgIpc) is 2.98. The van der Waals surface area contributed by atoms with Gasteiger partial charge in [-0.15, -0.1) is 5.10 Å². The molecule has 0 atom stereocenters. The third-order valence-electron chi connectivity index (χ3n) is 3.03. The van der Waals surface area contributed by atoms with E-state index in [4.69, 9.17) is 33.0 Å². The Bertz CT molecular complexity index is 880. The molecule has 2 N–H and O–H groups in total. The largest absolute Gasteiger partial charge is 0.476 e. The van der Waals surface area contributed by atoms with E-state index >= 15 is 0 Å². The summed E-state index contributed by atoms with van der Waals surface area (Å²) in [5, 5.41) is 19.2. The van der Waals surface area contributed by atoms with Gasteiger partial charge in [0.2, 0.25) is 5.69 Å². The first kappa shape index (κ1) is 15.3. The summed E-state index contributed by atoms with van der Waals surface area (Å²) < 4.78 is 5.51. The number of ether oxygens (including phenoxy) is 1. The fraction of sp³-hybridized carbons (Fsp3) is 0. The molecule has 1 aromatic heterocycles. The van der Waals surface area contributed by atoms with E-state index < -0.39 is 5.97 Å². The molecule has 116 valence electrons. The fourth-order valence-electron chi connectivity index (χ4n) is 1.96. The Morgan fingerprint density at radius 3 is 2.61 bits per heavy atom. The number of nitrogens with one attached hydrogen (secondary N) is 1. The molecular formula is C15H9Cl2N3O3. The topological polar surface area (TPSA) is 88.1 Å². The number of aromatic amines is 1. The molecule has 23 heavy (non-hydrogen) atoms. The highest BCUT2D eigenvalue weighted by atomic mass is 35.5. The highest BCUT2D eigenvalue weighted by molar-refractivity contribution is 6.42. The molecule has 0 aliphatic heterocycles. The highest BCUT2D eigenvalue weighted by Crippen LogP contribution is 2.31. The summed E-state index contributed by atoms with van der Waals surface area (Å²) >= 11 is 11.9. The van der Waals surface area contributed by atoms with Crippen LogP contribution in [0.4, 0.5) is 0 Å². The summed E-state index contributed by atoms with van der Waals surface area (Å²) in [6.07, 6.45) is 0. The summed E-state index contributed by atoms with van der Waals surface area (Å²) in [5.41, 5.74) is 1.40. The summed E-state index contributed by atoms with van der Waals surface area (Å²) in [7, 11) is 0. The molecule has 0 fully saturated rings. The van der Waals surface area contributed by atoms with Gasteiger partial charge >= 0.3 is 5.97 Å². The van der Waals surface area contributed by atoms with Gasteiger partial charge in [0.25, 0.3) is 5.88 Å². The number of carboxylic acids is 1. The Balaban J connectivity index is 1.92. The second-order valence-corrected chi connectivity index (χ2v) is 5.37. The van der Waals surface area contributed by atoms with Gasteiger partial charge in [-0.3, -0.25) is 0 Å². The molecule has 3 aromatic rings. The first-order valence-electron chi connectivity index (χ1n) is 6.42. The number of halogens is 2. The van der Waals surface area contributed by atoms with E-state index in [1.165, 1.54) is 0 Å². The van der Waals surface area contributed by atoms with Crippen LogP contribution >= 0.6 is 23.2 Å². The van der Waals surface area contributed by atoms with Crippen molar-refractivity contribution in [3.8, 4) is 22.8 Å². The van der Waals surface area contributed by atoms with Crippen LogP contribution in [0.25, 0.3) is 11.1 Å². The zero-order valence-corrected chi connectivity index (χ0v) is 13.0. The number of hydrogen-bond donors (Lipinski definition) is 2. The van der Waals surface area contributed by atoms with Crippen molar-refractivity contribution in [1.29, 1.82) is 0 Å². The van der Waals surface area contributed by atoms with Gasteiger partial charge < -0.3 is 9.84 Å². The lowest BCUT2D eigenvalue weighted by Gasteiger charge is -2.07. The lowest BCUT2D eigenvalue weighted by Crippen LogP contribution is -1.99. The summed E-state index contributed by atoms with van der Waals surface area (Å²) in [6, 6.07) is 12.3. The fourth-order valence-corrected chi connectivity index (χ4v) is 2.26. The minimum atomic E-state index is -1.23. The predicted molar refractivity (Wildman–Crippen MR) is 85.3 cm³/mol. The van der Waals surface area contributed by atoms with Crippen LogP contribution in [0.15, 0.2) is 42.5 Å². The number of nitrogens with zero attached hydrogens (tertiary/aromatic N) is 2. The molecule has 0 aliphatic rings. The van der Waals surface area contributed by atoms with Crippen molar-refractivity contribution in [3.05, 3.63) is 58.2 Å². The summed E-state index contributed by atoms with van der Waals surface area (Å²) in [6.45, 7) is 0. The third-order valence-corrected chi connectivity index (χ3v) is 3.77. The van der Waals surface area contributed by atoms with E-state index in [1.807, 2.05) is 12.1 Å². The number of carbonyl (C=O) groups is 1. The monoisotopic (exact) mass is 349 g/mol. The van der Waals surface area contributed by atoms with Crippen molar-refractivity contribution < 1.29 is 14.6 Å². The van der Waals surface area contributed by atoms with Crippen molar-refractivity contribution >= 4 is 29.2 Å². The van der Waals surface area contributed by atoms with Crippen LogP contribution in [0.5, 0.6) is 11.6 Å². The minimum absolute atomic E-state index is 0.0382. The standard InChI is InChI=1S/C15H9Cl2N3O3/c16-11-5-4-9(7-12(11)17)8-2-1-3-10(6-8)23-14-13(15(21)22)18-20-19-14/h1-7H,(H,21,22)(H,18,19,20). The number of H-pyrrole nitrogens is 1. The lowest BCUT2D eigenvalue weighted by molar-refractivity contribution is 0.0687. The van der Waals surface area contributed by atoms with Gasteiger partial charge in [-0.05, 0) is 35.4 Å². The SMILES string of the molecule is O=C(O)c1nn[nH]c1Oc1cccc(-c2ccc(Cl)c(Cl)c2)c1. The normalized spacial score (nSPS) is 10.5. The van der Waals surface area contributed by atoms with Crippen LogP contribution in [0.3, 0.4) is 0 Å². The maximum atomic E-state index is 11.0. The number of rotatable bonds is 4. The maximum Gasteiger partial charge on any atom is 0.362 e. The quantitative estimate of drug-likeness (QED) is 0.734. The van der Waals surface area contributed by atoms with Gasteiger partial charge in [-0.1, -0.05) is 46.6 Å².